The molecule has 1 aromatic heterocycles. The molecule has 0 saturated carbocycles. The number of aliphatic hydroxyl groups is 1. The van der Waals surface area contributed by atoms with E-state index in [1.807, 2.05) is 4.68 Å². The first-order valence-electron chi connectivity index (χ1n) is 8.23. The van der Waals surface area contributed by atoms with Crippen LogP contribution in [0.5, 0.6) is 0 Å². The van der Waals surface area contributed by atoms with Crippen molar-refractivity contribution >= 4 is 17.5 Å². The number of aliphatic hydroxyl groups excluding tert-OH is 1. The van der Waals surface area contributed by atoms with Gasteiger partial charge in [0.2, 0.25) is 0 Å². The summed E-state index contributed by atoms with van der Waals surface area (Å²) in [5.41, 5.74) is 0.187. The summed E-state index contributed by atoms with van der Waals surface area (Å²) in [7, 11) is 0. The Hall–Kier alpha value is -1.07. The van der Waals surface area contributed by atoms with Crippen LogP contribution >= 0.6 is 11.6 Å². The van der Waals surface area contributed by atoms with Crippen LogP contribution in [-0.2, 0) is 12.0 Å². The monoisotopic (exact) mass is 343 g/mol. The third-order valence-corrected chi connectivity index (χ3v) is 4.00. The molecule has 132 valence electrons. The van der Waals surface area contributed by atoms with E-state index in [1.54, 1.807) is 13.8 Å². The molecule has 1 aromatic rings. The number of amides is 1. The normalized spacial score (nSPS) is 12.5. The minimum atomic E-state index is -0.714. The average molecular weight is 344 g/mol. The molecule has 23 heavy (non-hydrogen) atoms. The summed E-state index contributed by atoms with van der Waals surface area (Å²) in [5, 5.41) is 17.0. The first-order chi connectivity index (χ1) is 10.5. The van der Waals surface area contributed by atoms with Crippen LogP contribution in [0.2, 0.25) is 5.02 Å². The van der Waals surface area contributed by atoms with Crippen molar-refractivity contribution < 1.29 is 9.90 Å². The van der Waals surface area contributed by atoms with E-state index in [2.05, 4.69) is 38.1 Å². The third-order valence-electron chi connectivity index (χ3n) is 3.64. The van der Waals surface area contributed by atoms with Crippen LogP contribution < -0.4 is 5.32 Å². The lowest BCUT2D eigenvalue weighted by atomic mass is 9.91. The van der Waals surface area contributed by atoms with E-state index in [1.165, 1.54) is 0 Å². The maximum absolute atomic E-state index is 12.5. The largest absolute Gasteiger partial charge is 0.394 e. The van der Waals surface area contributed by atoms with Crippen molar-refractivity contribution in [3.05, 3.63) is 16.4 Å². The van der Waals surface area contributed by atoms with Gasteiger partial charge in [-0.05, 0) is 20.3 Å². The number of halogens is 1. The number of carbonyl (C=O) groups excluding carboxylic acids is 1. The second kappa shape index (κ2) is 7.67. The summed E-state index contributed by atoms with van der Waals surface area (Å²) in [6.07, 6.45) is 3.23. The molecule has 0 aliphatic carbocycles. The van der Waals surface area contributed by atoms with Gasteiger partial charge in [0.05, 0.1) is 22.9 Å². The Morgan fingerprint density at radius 2 is 1.87 bits per heavy atom. The van der Waals surface area contributed by atoms with Gasteiger partial charge in [0, 0.05) is 12.0 Å². The number of aromatic nitrogens is 2. The fourth-order valence-corrected chi connectivity index (χ4v) is 2.89. The molecule has 6 heteroatoms. The van der Waals surface area contributed by atoms with Gasteiger partial charge < -0.3 is 10.4 Å². The topological polar surface area (TPSA) is 67.2 Å². The highest BCUT2D eigenvalue weighted by molar-refractivity contribution is 6.34. The predicted octanol–water partition coefficient (Wildman–Crippen LogP) is 3.52. The van der Waals surface area contributed by atoms with Crippen molar-refractivity contribution in [3.63, 3.8) is 0 Å². The highest BCUT2D eigenvalue weighted by Crippen LogP contribution is 2.32. The number of carbonyl (C=O) groups is 1. The molecular formula is C17H30ClN3O2. The van der Waals surface area contributed by atoms with Crippen LogP contribution in [0.3, 0.4) is 0 Å². The average Bonchev–Trinajstić information content (AvgIpc) is 2.75. The second-order valence-corrected chi connectivity index (χ2v) is 8.07. The van der Waals surface area contributed by atoms with Crippen LogP contribution in [0.4, 0.5) is 0 Å². The molecule has 2 N–H and O–H groups in total. The van der Waals surface area contributed by atoms with Crippen LogP contribution in [0.15, 0.2) is 0 Å². The first-order valence-corrected chi connectivity index (χ1v) is 8.61. The number of rotatable bonds is 7. The zero-order chi connectivity index (χ0) is 17.8. The van der Waals surface area contributed by atoms with E-state index >= 15 is 0 Å². The molecular weight excluding hydrogens is 314 g/mol. The molecule has 5 nitrogen and oxygen atoms in total. The number of hydrogen-bond acceptors (Lipinski definition) is 3. The first kappa shape index (κ1) is 20.0. The van der Waals surface area contributed by atoms with Crippen LogP contribution in [-0.4, -0.2) is 32.9 Å². The van der Waals surface area contributed by atoms with Crippen molar-refractivity contribution in [1.29, 1.82) is 0 Å². The van der Waals surface area contributed by atoms with E-state index in [0.717, 1.165) is 31.5 Å². The van der Waals surface area contributed by atoms with Crippen LogP contribution in [0, 0.1) is 0 Å². The van der Waals surface area contributed by atoms with Gasteiger partial charge in [-0.25, -0.2) is 0 Å². The zero-order valence-corrected chi connectivity index (χ0v) is 15.9. The molecule has 0 atom stereocenters. The highest BCUT2D eigenvalue weighted by Gasteiger charge is 2.31. The van der Waals surface area contributed by atoms with Gasteiger partial charge in [0.15, 0.2) is 5.69 Å². The lowest BCUT2D eigenvalue weighted by molar-refractivity contribution is 0.0863. The molecule has 0 bridgehead atoms. The molecule has 0 aliphatic heterocycles. The van der Waals surface area contributed by atoms with Gasteiger partial charge >= 0.3 is 0 Å². The maximum Gasteiger partial charge on any atom is 0.273 e. The van der Waals surface area contributed by atoms with Crippen molar-refractivity contribution in [3.8, 4) is 0 Å². The predicted molar refractivity (Wildman–Crippen MR) is 94.1 cm³/mol. The standard InChI is InChI=1S/C17H30ClN3O2/c1-7-8-9-10-21-14(16(2,3)4)12(18)13(20-21)15(23)19-17(5,6)11-22/h22H,7-11H2,1-6H3,(H,19,23). The van der Waals surface area contributed by atoms with E-state index in [0.29, 0.717) is 5.02 Å². The lowest BCUT2D eigenvalue weighted by Gasteiger charge is -2.23. The molecule has 1 heterocycles. The lowest BCUT2D eigenvalue weighted by Crippen LogP contribution is -2.46. The van der Waals surface area contributed by atoms with Crippen molar-refractivity contribution in [2.75, 3.05) is 6.61 Å². The maximum atomic E-state index is 12.5. The number of nitrogens with zero attached hydrogens (tertiary/aromatic N) is 2. The number of nitrogens with one attached hydrogen (secondary N) is 1. The summed E-state index contributed by atoms with van der Waals surface area (Å²) in [5.74, 6) is -0.353. The van der Waals surface area contributed by atoms with Crippen molar-refractivity contribution in [2.24, 2.45) is 0 Å². The van der Waals surface area contributed by atoms with Gasteiger partial charge in [0.1, 0.15) is 0 Å². The molecule has 0 radical (unpaired) electrons. The molecule has 1 rings (SSSR count). The van der Waals surface area contributed by atoms with Crippen LogP contribution in [0.1, 0.15) is 77.0 Å². The number of unbranched alkanes of at least 4 members (excludes halogenated alkanes) is 2. The summed E-state index contributed by atoms with van der Waals surface area (Å²) in [4.78, 5) is 12.5. The second-order valence-electron chi connectivity index (χ2n) is 7.69. The quantitative estimate of drug-likeness (QED) is 0.744. The molecule has 0 unspecified atom stereocenters. The van der Waals surface area contributed by atoms with Gasteiger partial charge in [-0.15, -0.1) is 0 Å². The van der Waals surface area contributed by atoms with Gasteiger partial charge in [-0.1, -0.05) is 52.1 Å². The van der Waals surface area contributed by atoms with Gasteiger partial charge in [0.25, 0.3) is 5.91 Å². The summed E-state index contributed by atoms with van der Waals surface area (Å²) < 4.78 is 1.86. The van der Waals surface area contributed by atoms with E-state index in [-0.39, 0.29) is 23.6 Å². The van der Waals surface area contributed by atoms with E-state index < -0.39 is 5.54 Å². The fourth-order valence-electron chi connectivity index (χ4n) is 2.38. The highest BCUT2D eigenvalue weighted by atomic mass is 35.5. The molecule has 0 aromatic carbocycles. The third kappa shape index (κ3) is 5.21. The molecule has 0 spiro atoms. The number of hydrogen-bond donors (Lipinski definition) is 2. The van der Waals surface area contributed by atoms with Crippen LogP contribution in [0.25, 0.3) is 0 Å². The SMILES string of the molecule is CCCCCn1nc(C(=O)NC(C)(C)CO)c(Cl)c1C(C)(C)C. The summed E-state index contributed by atoms with van der Waals surface area (Å²) >= 11 is 6.49. The molecule has 0 aliphatic rings. The molecule has 0 fully saturated rings. The molecule has 0 saturated heterocycles. The molecule has 1 amide bonds. The van der Waals surface area contributed by atoms with E-state index in [9.17, 15) is 9.90 Å². The number of aryl methyl sites for hydroxylation is 1. The Morgan fingerprint density at radius 1 is 1.26 bits per heavy atom. The van der Waals surface area contributed by atoms with Crippen molar-refractivity contribution in [2.45, 2.75) is 78.3 Å². The van der Waals surface area contributed by atoms with Gasteiger partial charge in [-0.2, -0.15) is 5.10 Å². The Bertz CT molecular complexity index is 545. The Morgan fingerprint density at radius 3 is 2.35 bits per heavy atom. The van der Waals surface area contributed by atoms with E-state index in [4.69, 9.17) is 11.6 Å². The minimum Gasteiger partial charge on any atom is -0.394 e. The Balaban J connectivity index is 3.17. The van der Waals surface area contributed by atoms with Gasteiger partial charge in [-0.3, -0.25) is 9.48 Å². The summed E-state index contributed by atoms with van der Waals surface area (Å²) in [6, 6.07) is 0. The summed E-state index contributed by atoms with van der Waals surface area (Å²) in [6.45, 7) is 12.4. The fraction of sp³-hybridized carbons (Fsp3) is 0.765. The Kier molecular flexibility index (Phi) is 6.66. The zero-order valence-electron chi connectivity index (χ0n) is 15.2. The van der Waals surface area contributed by atoms with Crippen molar-refractivity contribution in [1.82, 2.24) is 15.1 Å². The smallest absolute Gasteiger partial charge is 0.273 e. The minimum absolute atomic E-state index is 0.153. The Labute approximate surface area is 144 Å².